The second-order valence-corrected chi connectivity index (χ2v) is 7.24. The monoisotopic (exact) mass is 461 g/mol. The van der Waals surface area contributed by atoms with Crippen LogP contribution in [0.1, 0.15) is 21.9 Å². The van der Waals surface area contributed by atoms with Crippen molar-refractivity contribution in [1.29, 1.82) is 0 Å². The summed E-state index contributed by atoms with van der Waals surface area (Å²) >= 11 is 0. The van der Waals surface area contributed by atoms with E-state index in [1.165, 1.54) is 7.11 Å². The fourth-order valence-electron chi connectivity index (χ4n) is 3.38. The SMILES string of the molecule is COC(=O)c1ccc(Cn2cc(/C=N/NC(=O)COc3ccc(OC)cc3)c3ccccc32)o1. The average Bonchev–Trinajstić information content (AvgIpc) is 3.48. The van der Waals surface area contributed by atoms with Crippen molar-refractivity contribution in [3.8, 4) is 11.5 Å². The summed E-state index contributed by atoms with van der Waals surface area (Å²) in [6.07, 6.45) is 3.47. The van der Waals surface area contributed by atoms with E-state index < -0.39 is 5.97 Å². The number of methoxy groups -OCH3 is 2. The number of nitrogens with zero attached hydrogens (tertiary/aromatic N) is 2. The maximum absolute atomic E-state index is 12.1. The Morgan fingerprint density at radius 3 is 2.56 bits per heavy atom. The molecule has 0 atom stereocenters. The van der Waals surface area contributed by atoms with Crippen LogP contribution in [0.4, 0.5) is 0 Å². The molecule has 2 aromatic carbocycles. The first-order valence-electron chi connectivity index (χ1n) is 10.4. The zero-order chi connectivity index (χ0) is 23.9. The van der Waals surface area contributed by atoms with Crippen molar-refractivity contribution in [3.63, 3.8) is 0 Å². The van der Waals surface area contributed by atoms with Crippen LogP contribution < -0.4 is 14.9 Å². The maximum Gasteiger partial charge on any atom is 0.373 e. The van der Waals surface area contributed by atoms with E-state index in [4.69, 9.17) is 13.9 Å². The number of aromatic nitrogens is 1. The molecule has 0 saturated carbocycles. The summed E-state index contributed by atoms with van der Waals surface area (Å²) in [6, 6.07) is 18.0. The van der Waals surface area contributed by atoms with Gasteiger partial charge in [0.15, 0.2) is 6.61 Å². The summed E-state index contributed by atoms with van der Waals surface area (Å²) in [5.74, 6) is 1.10. The van der Waals surface area contributed by atoms with E-state index in [9.17, 15) is 9.59 Å². The van der Waals surface area contributed by atoms with E-state index in [2.05, 4.69) is 15.3 Å². The number of nitrogens with one attached hydrogen (secondary N) is 1. The molecular formula is C25H23N3O6. The molecule has 0 radical (unpaired) electrons. The van der Waals surface area contributed by atoms with Gasteiger partial charge in [-0.1, -0.05) is 18.2 Å². The Morgan fingerprint density at radius 2 is 1.79 bits per heavy atom. The minimum absolute atomic E-state index is 0.148. The Morgan fingerprint density at radius 1 is 1.03 bits per heavy atom. The molecule has 0 aliphatic heterocycles. The zero-order valence-electron chi connectivity index (χ0n) is 18.7. The van der Waals surface area contributed by atoms with Gasteiger partial charge in [0.25, 0.3) is 5.91 Å². The molecule has 0 bridgehead atoms. The van der Waals surface area contributed by atoms with Crippen LogP contribution in [0.2, 0.25) is 0 Å². The van der Waals surface area contributed by atoms with E-state index in [0.717, 1.165) is 16.5 Å². The third kappa shape index (κ3) is 5.26. The molecule has 4 rings (SSSR count). The van der Waals surface area contributed by atoms with Crippen molar-refractivity contribution in [1.82, 2.24) is 9.99 Å². The number of hydrazone groups is 1. The fraction of sp³-hybridized carbons (Fsp3) is 0.160. The Hall–Kier alpha value is -4.53. The van der Waals surface area contributed by atoms with Crippen molar-refractivity contribution in [2.45, 2.75) is 6.54 Å². The van der Waals surface area contributed by atoms with E-state index in [0.29, 0.717) is 23.8 Å². The highest BCUT2D eigenvalue weighted by Crippen LogP contribution is 2.22. The van der Waals surface area contributed by atoms with Gasteiger partial charge in [-0.25, -0.2) is 10.2 Å². The molecule has 2 aromatic heterocycles. The predicted molar refractivity (Wildman–Crippen MR) is 125 cm³/mol. The largest absolute Gasteiger partial charge is 0.497 e. The van der Waals surface area contributed by atoms with Gasteiger partial charge < -0.3 is 23.2 Å². The molecule has 174 valence electrons. The lowest BCUT2D eigenvalue weighted by atomic mass is 10.2. The van der Waals surface area contributed by atoms with Crippen LogP contribution in [0.3, 0.4) is 0 Å². The Kier molecular flexibility index (Phi) is 6.92. The van der Waals surface area contributed by atoms with Crippen molar-refractivity contribution in [3.05, 3.63) is 83.9 Å². The number of para-hydroxylation sites is 1. The first-order valence-corrected chi connectivity index (χ1v) is 10.4. The number of hydrogen-bond donors (Lipinski definition) is 1. The molecular weight excluding hydrogens is 438 g/mol. The van der Waals surface area contributed by atoms with Crippen molar-refractivity contribution in [2.24, 2.45) is 5.10 Å². The van der Waals surface area contributed by atoms with Gasteiger partial charge in [0, 0.05) is 22.7 Å². The van der Waals surface area contributed by atoms with Crippen LogP contribution in [0.25, 0.3) is 10.9 Å². The number of esters is 1. The lowest BCUT2D eigenvalue weighted by Gasteiger charge is -2.05. The number of rotatable bonds is 9. The lowest BCUT2D eigenvalue weighted by molar-refractivity contribution is -0.123. The molecule has 34 heavy (non-hydrogen) atoms. The fourth-order valence-corrected chi connectivity index (χ4v) is 3.38. The predicted octanol–water partition coefficient (Wildman–Crippen LogP) is 3.61. The number of amides is 1. The van der Waals surface area contributed by atoms with Gasteiger partial charge in [-0.2, -0.15) is 5.10 Å². The van der Waals surface area contributed by atoms with E-state index >= 15 is 0 Å². The molecule has 0 fully saturated rings. The summed E-state index contributed by atoms with van der Waals surface area (Å²) in [4.78, 5) is 23.7. The lowest BCUT2D eigenvalue weighted by Crippen LogP contribution is -2.24. The van der Waals surface area contributed by atoms with Gasteiger partial charge in [-0.15, -0.1) is 0 Å². The zero-order valence-corrected chi connectivity index (χ0v) is 18.7. The third-order valence-corrected chi connectivity index (χ3v) is 5.02. The number of carbonyl (C=O) groups excluding carboxylic acids is 2. The van der Waals surface area contributed by atoms with E-state index in [1.54, 1.807) is 49.7 Å². The Bertz CT molecular complexity index is 1320. The highest BCUT2D eigenvalue weighted by Gasteiger charge is 2.13. The van der Waals surface area contributed by atoms with Crippen molar-refractivity contribution in [2.75, 3.05) is 20.8 Å². The number of ether oxygens (including phenoxy) is 3. The summed E-state index contributed by atoms with van der Waals surface area (Å²) in [6.45, 7) is 0.236. The quantitative estimate of drug-likeness (QED) is 0.232. The average molecular weight is 461 g/mol. The molecule has 1 N–H and O–H groups in total. The van der Waals surface area contributed by atoms with Crippen molar-refractivity contribution >= 4 is 29.0 Å². The number of furan rings is 1. The van der Waals surface area contributed by atoms with Crippen LogP contribution in [-0.2, 0) is 16.1 Å². The van der Waals surface area contributed by atoms with E-state index in [-0.39, 0.29) is 18.3 Å². The maximum atomic E-state index is 12.1. The second kappa shape index (κ2) is 10.4. The topological polar surface area (TPSA) is 104 Å². The third-order valence-electron chi connectivity index (χ3n) is 5.02. The summed E-state index contributed by atoms with van der Waals surface area (Å²) in [5, 5.41) is 5.02. The summed E-state index contributed by atoms with van der Waals surface area (Å²) in [5.41, 5.74) is 4.24. The molecule has 0 aliphatic carbocycles. The first-order chi connectivity index (χ1) is 16.6. The highest BCUT2D eigenvalue weighted by atomic mass is 16.5. The molecule has 1 amide bonds. The standard InChI is InChI=1S/C25H23N3O6/c1-31-18-7-9-19(10-8-18)33-16-24(29)27-26-13-17-14-28(22-6-4-3-5-21(17)22)15-20-11-12-23(34-20)25(30)32-2/h3-14H,15-16H2,1-2H3,(H,27,29)/b26-13+. The molecule has 0 unspecified atom stereocenters. The smallest absolute Gasteiger partial charge is 0.373 e. The molecule has 9 heteroatoms. The molecule has 0 aliphatic rings. The van der Waals surface area contributed by atoms with Gasteiger partial charge >= 0.3 is 5.97 Å². The molecule has 0 spiro atoms. The van der Waals surface area contributed by atoms with Crippen LogP contribution in [0.5, 0.6) is 11.5 Å². The molecule has 9 nitrogen and oxygen atoms in total. The van der Waals surface area contributed by atoms with Gasteiger partial charge in [0.05, 0.1) is 27.0 Å². The van der Waals surface area contributed by atoms with Crippen molar-refractivity contribution < 1.29 is 28.2 Å². The van der Waals surface area contributed by atoms with Crippen LogP contribution in [0, 0.1) is 0 Å². The normalized spacial score (nSPS) is 11.0. The Labute approximate surface area is 195 Å². The van der Waals surface area contributed by atoms with Crippen LogP contribution >= 0.6 is 0 Å². The number of carbonyl (C=O) groups is 2. The minimum atomic E-state index is -0.525. The summed E-state index contributed by atoms with van der Waals surface area (Å²) < 4.78 is 22.8. The van der Waals surface area contributed by atoms with Crippen LogP contribution in [0.15, 0.2) is 76.4 Å². The molecule has 4 aromatic rings. The summed E-state index contributed by atoms with van der Waals surface area (Å²) in [7, 11) is 2.89. The van der Waals surface area contributed by atoms with E-state index in [1.807, 2.05) is 35.0 Å². The number of benzene rings is 2. The van der Waals surface area contributed by atoms with Crippen LogP contribution in [-0.4, -0.2) is 43.5 Å². The van der Waals surface area contributed by atoms with Gasteiger partial charge in [-0.05, 0) is 42.5 Å². The molecule has 2 heterocycles. The minimum Gasteiger partial charge on any atom is -0.497 e. The number of hydrogen-bond acceptors (Lipinski definition) is 7. The Balaban J connectivity index is 1.41. The molecule has 0 saturated heterocycles. The highest BCUT2D eigenvalue weighted by molar-refractivity contribution is 5.99. The van der Waals surface area contributed by atoms with Gasteiger partial charge in [0.1, 0.15) is 17.3 Å². The van der Waals surface area contributed by atoms with Gasteiger partial charge in [0.2, 0.25) is 5.76 Å². The first kappa shape index (κ1) is 22.7. The number of fused-ring (bicyclic) bond motifs is 1. The van der Waals surface area contributed by atoms with Gasteiger partial charge in [-0.3, -0.25) is 4.79 Å². The second-order valence-electron chi connectivity index (χ2n) is 7.24.